The van der Waals surface area contributed by atoms with Gasteiger partial charge in [0.1, 0.15) is 6.04 Å². The fraction of sp³-hybridized carbons (Fsp3) is 0.833. The van der Waals surface area contributed by atoms with Gasteiger partial charge in [0, 0.05) is 19.1 Å². The third-order valence-corrected chi connectivity index (χ3v) is 3.11. The highest BCUT2D eigenvalue weighted by Gasteiger charge is 2.26. The molecule has 2 unspecified atom stereocenters. The lowest BCUT2D eigenvalue weighted by Crippen LogP contribution is -2.47. The highest BCUT2D eigenvalue weighted by molar-refractivity contribution is 5.87. The number of morpholine rings is 1. The number of amides is 2. The van der Waals surface area contributed by atoms with Gasteiger partial charge < -0.3 is 20.7 Å². The Kier molecular flexibility index (Phi) is 4.54. The highest BCUT2D eigenvalue weighted by Crippen LogP contribution is 2.18. The molecule has 6 nitrogen and oxygen atoms in total. The average molecular weight is 255 g/mol. The van der Waals surface area contributed by atoms with Crippen LogP contribution in [-0.2, 0) is 14.3 Å². The first-order valence-electron chi connectivity index (χ1n) is 6.57. The number of hydrogen-bond acceptors (Lipinski definition) is 4. The number of carbonyl (C=O) groups is 2. The zero-order valence-corrected chi connectivity index (χ0v) is 10.7. The molecule has 0 spiro atoms. The fourth-order valence-electron chi connectivity index (χ4n) is 1.88. The van der Waals surface area contributed by atoms with Crippen molar-refractivity contribution < 1.29 is 14.3 Å². The molecule has 102 valence electrons. The van der Waals surface area contributed by atoms with Crippen molar-refractivity contribution >= 4 is 11.8 Å². The second kappa shape index (κ2) is 6.15. The maximum absolute atomic E-state index is 11.7. The van der Waals surface area contributed by atoms with Crippen molar-refractivity contribution in [2.75, 3.05) is 19.7 Å². The molecular weight excluding hydrogens is 234 g/mol. The van der Waals surface area contributed by atoms with Crippen LogP contribution in [0.4, 0.5) is 0 Å². The second-order valence-electron chi connectivity index (χ2n) is 4.97. The van der Waals surface area contributed by atoms with Gasteiger partial charge in [-0.1, -0.05) is 0 Å². The Balaban J connectivity index is 1.66. The summed E-state index contributed by atoms with van der Waals surface area (Å²) >= 11 is 0. The lowest BCUT2D eigenvalue weighted by molar-refractivity contribution is -0.130. The molecule has 1 heterocycles. The highest BCUT2D eigenvalue weighted by atomic mass is 16.5. The Morgan fingerprint density at radius 2 is 2.22 bits per heavy atom. The largest absolute Gasteiger partial charge is 0.375 e. The molecule has 3 N–H and O–H groups in total. The van der Waals surface area contributed by atoms with Crippen LogP contribution in [0.5, 0.6) is 0 Å². The number of nitrogens with one attached hydrogen (secondary N) is 3. The lowest BCUT2D eigenvalue weighted by Gasteiger charge is -2.23. The van der Waals surface area contributed by atoms with E-state index in [1.165, 1.54) is 0 Å². The maximum atomic E-state index is 11.7. The molecule has 0 aromatic carbocycles. The van der Waals surface area contributed by atoms with Crippen molar-refractivity contribution in [3.05, 3.63) is 0 Å². The van der Waals surface area contributed by atoms with Gasteiger partial charge in [0.05, 0.1) is 19.1 Å². The van der Waals surface area contributed by atoms with Crippen LogP contribution in [0, 0.1) is 0 Å². The first-order valence-corrected chi connectivity index (χ1v) is 6.57. The van der Waals surface area contributed by atoms with Crippen LogP contribution in [0.25, 0.3) is 0 Å². The van der Waals surface area contributed by atoms with E-state index in [9.17, 15) is 9.59 Å². The molecule has 2 amide bonds. The lowest BCUT2D eigenvalue weighted by atomic mass is 10.2. The Morgan fingerprint density at radius 3 is 2.83 bits per heavy atom. The summed E-state index contributed by atoms with van der Waals surface area (Å²) in [5.74, 6) is -0.240. The van der Waals surface area contributed by atoms with E-state index in [1.807, 2.05) is 0 Å². The predicted octanol–water partition coefficient (Wildman–Crippen LogP) is -0.852. The Bertz CT molecular complexity index is 312. The van der Waals surface area contributed by atoms with Crippen LogP contribution in [-0.4, -0.2) is 49.7 Å². The molecule has 0 bridgehead atoms. The smallest absolute Gasteiger partial charge is 0.242 e. The van der Waals surface area contributed by atoms with Gasteiger partial charge in [0.2, 0.25) is 11.8 Å². The molecule has 2 rings (SSSR count). The first kappa shape index (κ1) is 13.3. The molecule has 2 fully saturated rings. The van der Waals surface area contributed by atoms with E-state index in [-0.39, 0.29) is 17.9 Å². The molecule has 0 radical (unpaired) electrons. The molecule has 0 aromatic rings. The van der Waals surface area contributed by atoms with Gasteiger partial charge in [-0.25, -0.2) is 0 Å². The molecule has 1 aliphatic heterocycles. The van der Waals surface area contributed by atoms with Gasteiger partial charge in [-0.2, -0.15) is 0 Å². The van der Waals surface area contributed by atoms with E-state index >= 15 is 0 Å². The number of rotatable bonds is 5. The van der Waals surface area contributed by atoms with Crippen molar-refractivity contribution in [2.45, 2.75) is 44.4 Å². The average Bonchev–Trinajstić information content (AvgIpc) is 3.14. The molecule has 2 aliphatic rings. The van der Waals surface area contributed by atoms with Crippen molar-refractivity contribution in [1.82, 2.24) is 16.0 Å². The minimum absolute atomic E-state index is 0.0857. The van der Waals surface area contributed by atoms with Crippen LogP contribution < -0.4 is 16.0 Å². The number of carbonyl (C=O) groups excluding carboxylic acids is 2. The van der Waals surface area contributed by atoms with Gasteiger partial charge in [-0.05, 0) is 19.8 Å². The topological polar surface area (TPSA) is 79.5 Å². The van der Waals surface area contributed by atoms with Crippen molar-refractivity contribution in [1.29, 1.82) is 0 Å². The molecule has 18 heavy (non-hydrogen) atoms. The standard InChI is InChI=1S/C12H21N3O3/c1-8(12(17)15-9-2-3-9)14-11(16)6-10-7-13-4-5-18-10/h8-10,13H,2-7H2,1H3,(H,14,16)(H,15,17). The van der Waals surface area contributed by atoms with Crippen LogP contribution >= 0.6 is 0 Å². The number of ether oxygens (including phenoxy) is 1. The van der Waals surface area contributed by atoms with E-state index in [0.717, 1.165) is 19.4 Å². The SMILES string of the molecule is CC(NC(=O)CC1CNCCO1)C(=O)NC1CC1. The van der Waals surface area contributed by atoms with Crippen molar-refractivity contribution in [3.8, 4) is 0 Å². The van der Waals surface area contributed by atoms with E-state index in [4.69, 9.17) is 4.74 Å². The molecule has 0 aromatic heterocycles. The quantitative estimate of drug-likeness (QED) is 0.598. The summed E-state index contributed by atoms with van der Waals surface area (Å²) in [6, 6.07) is -0.155. The minimum Gasteiger partial charge on any atom is -0.375 e. The van der Waals surface area contributed by atoms with Gasteiger partial charge in [0.15, 0.2) is 0 Å². The van der Waals surface area contributed by atoms with Crippen molar-refractivity contribution in [2.24, 2.45) is 0 Å². The van der Waals surface area contributed by atoms with Gasteiger partial charge in [-0.3, -0.25) is 9.59 Å². The van der Waals surface area contributed by atoms with Crippen molar-refractivity contribution in [3.63, 3.8) is 0 Å². The Hall–Kier alpha value is -1.14. The zero-order chi connectivity index (χ0) is 13.0. The van der Waals surface area contributed by atoms with E-state index in [2.05, 4.69) is 16.0 Å². The zero-order valence-electron chi connectivity index (χ0n) is 10.7. The van der Waals surface area contributed by atoms with E-state index in [0.29, 0.717) is 25.6 Å². The third-order valence-electron chi connectivity index (χ3n) is 3.11. The number of hydrogen-bond donors (Lipinski definition) is 3. The Morgan fingerprint density at radius 1 is 1.44 bits per heavy atom. The summed E-state index contributed by atoms with van der Waals surface area (Å²) in [7, 11) is 0. The van der Waals surface area contributed by atoms with Crippen LogP contribution in [0.15, 0.2) is 0 Å². The summed E-state index contributed by atoms with van der Waals surface area (Å²) in [6.45, 7) is 3.86. The fourth-order valence-corrected chi connectivity index (χ4v) is 1.88. The van der Waals surface area contributed by atoms with Crippen LogP contribution in [0.2, 0.25) is 0 Å². The van der Waals surface area contributed by atoms with Gasteiger partial charge >= 0.3 is 0 Å². The summed E-state index contributed by atoms with van der Waals surface area (Å²) in [6.07, 6.45) is 2.31. The van der Waals surface area contributed by atoms with Crippen LogP contribution in [0.1, 0.15) is 26.2 Å². The summed E-state index contributed by atoms with van der Waals surface area (Å²) < 4.78 is 5.44. The van der Waals surface area contributed by atoms with E-state index < -0.39 is 6.04 Å². The third kappa shape index (κ3) is 4.27. The maximum Gasteiger partial charge on any atom is 0.242 e. The van der Waals surface area contributed by atoms with Gasteiger partial charge in [-0.15, -0.1) is 0 Å². The van der Waals surface area contributed by atoms with E-state index in [1.54, 1.807) is 6.92 Å². The minimum atomic E-state index is -0.477. The molecule has 1 saturated heterocycles. The van der Waals surface area contributed by atoms with Gasteiger partial charge in [0.25, 0.3) is 0 Å². The second-order valence-corrected chi connectivity index (χ2v) is 4.97. The summed E-state index contributed by atoms with van der Waals surface area (Å²) in [5.41, 5.74) is 0. The summed E-state index contributed by atoms with van der Waals surface area (Å²) in [5, 5.41) is 8.73. The molecule has 1 aliphatic carbocycles. The van der Waals surface area contributed by atoms with Crippen LogP contribution in [0.3, 0.4) is 0 Å². The molecule has 6 heteroatoms. The molecule has 2 atom stereocenters. The molecule has 1 saturated carbocycles. The summed E-state index contributed by atoms with van der Waals surface area (Å²) in [4.78, 5) is 23.4. The molecular formula is C12H21N3O3. The Labute approximate surface area is 107 Å². The monoisotopic (exact) mass is 255 g/mol. The normalized spacial score (nSPS) is 25.3. The predicted molar refractivity (Wildman–Crippen MR) is 66.0 cm³/mol. The first-order chi connectivity index (χ1) is 8.65.